The Kier molecular flexibility index (Phi) is 9.40. The zero-order valence-electron chi connectivity index (χ0n) is 20.6. The highest BCUT2D eigenvalue weighted by Gasteiger charge is 2.34. The highest BCUT2D eigenvalue weighted by molar-refractivity contribution is 8.19. The Morgan fingerprint density at radius 1 is 1.03 bits per heavy atom. The van der Waals surface area contributed by atoms with Crippen LogP contribution >= 0.6 is 11.8 Å². The van der Waals surface area contributed by atoms with Gasteiger partial charge in [-0.2, -0.15) is 8.42 Å². The van der Waals surface area contributed by atoms with Crippen LogP contribution in [0.5, 0.6) is 11.5 Å². The molecule has 3 rings (SSSR count). The summed E-state index contributed by atoms with van der Waals surface area (Å²) >= 11 is 1.05. The quantitative estimate of drug-likeness (QED) is 0.289. The lowest BCUT2D eigenvalue weighted by atomic mass is 10.2. The molecule has 2 aromatic rings. The first-order valence-corrected chi connectivity index (χ1v) is 14.0. The average Bonchev–Trinajstić information content (AvgIpc) is 3.14. The Balaban J connectivity index is 1.87. The third kappa shape index (κ3) is 6.67. The molecule has 1 aliphatic rings. The van der Waals surface area contributed by atoms with Gasteiger partial charge >= 0.3 is 0 Å². The van der Waals surface area contributed by atoms with E-state index in [4.69, 9.17) is 9.47 Å². The molecule has 0 saturated carbocycles. The summed E-state index contributed by atoms with van der Waals surface area (Å²) in [7, 11) is -2.37. The molecule has 0 radical (unpaired) electrons. The molecule has 1 fully saturated rings. The Hall–Kier alpha value is -2.78. The summed E-state index contributed by atoms with van der Waals surface area (Å²) in [5.74, 6) is 0.938. The lowest BCUT2D eigenvalue weighted by Gasteiger charge is -2.12. The zero-order chi connectivity index (χ0) is 25.4. The Bertz CT molecular complexity index is 1200. The van der Waals surface area contributed by atoms with Crippen molar-refractivity contribution in [3.63, 3.8) is 0 Å². The predicted octanol–water partition coefficient (Wildman–Crippen LogP) is 5.51. The zero-order valence-corrected chi connectivity index (χ0v) is 22.2. The highest BCUT2D eigenvalue weighted by atomic mass is 32.2. The third-order valence-electron chi connectivity index (χ3n) is 5.52. The predicted molar refractivity (Wildman–Crippen MR) is 141 cm³/mol. The summed E-state index contributed by atoms with van der Waals surface area (Å²) in [6.45, 7) is 6.81. The van der Waals surface area contributed by atoms with E-state index < -0.39 is 10.0 Å². The second-order valence-corrected chi connectivity index (χ2v) is 10.6. The average molecular weight is 517 g/mol. The smallest absolute Gasteiger partial charge is 0.284 e. The molecule has 0 N–H and O–H groups in total. The molecule has 0 aliphatic carbocycles. The number of sulfonamides is 1. The van der Waals surface area contributed by atoms with Crippen LogP contribution in [0.15, 0.2) is 56.7 Å². The molecule has 0 atom stereocenters. The molecule has 2 aromatic carbocycles. The molecular formula is C26H32N2O5S2. The number of thioether (sulfide) groups is 1. The minimum absolute atomic E-state index is 0.101. The number of carbonyl (C=O) groups is 1. The van der Waals surface area contributed by atoms with Crippen molar-refractivity contribution < 1.29 is 22.7 Å². The maximum absolute atomic E-state index is 13.0. The largest absolute Gasteiger partial charge is 0.493 e. The summed E-state index contributed by atoms with van der Waals surface area (Å²) < 4.78 is 41.1. The van der Waals surface area contributed by atoms with E-state index >= 15 is 0 Å². The number of unbranched alkanes of at least 4 members (excludes halogenated alkanes) is 2. The van der Waals surface area contributed by atoms with E-state index in [-0.39, 0.29) is 16.0 Å². The normalized spacial score (nSPS) is 16.3. The standard InChI is InChI=1S/C26H32N2O5S2/c1-5-8-9-16-33-23-17-20(12-15-22(23)32-4)18-24-25(29)28(7-3)26(34-24)27-35(30,31)21-13-10-19(6-2)11-14-21/h10-15,17-18H,5-9,16H2,1-4H3. The number of nitrogens with zero attached hydrogens (tertiary/aromatic N) is 2. The van der Waals surface area contributed by atoms with Gasteiger partial charge < -0.3 is 9.47 Å². The highest BCUT2D eigenvalue weighted by Crippen LogP contribution is 2.35. The van der Waals surface area contributed by atoms with E-state index in [1.54, 1.807) is 50.4 Å². The second kappa shape index (κ2) is 12.3. The SMILES string of the molecule is CCCCCOc1cc(C=C2SC(=NS(=O)(=O)c3ccc(CC)cc3)N(CC)C2=O)ccc1OC. The van der Waals surface area contributed by atoms with Crippen LogP contribution in [0.3, 0.4) is 0 Å². The van der Waals surface area contributed by atoms with Crippen LogP contribution in [-0.4, -0.2) is 44.7 Å². The van der Waals surface area contributed by atoms with E-state index in [1.807, 2.05) is 19.1 Å². The minimum Gasteiger partial charge on any atom is -0.493 e. The maximum Gasteiger partial charge on any atom is 0.284 e. The number of amidine groups is 1. The van der Waals surface area contributed by atoms with Gasteiger partial charge in [0.2, 0.25) is 0 Å². The van der Waals surface area contributed by atoms with Crippen molar-refractivity contribution in [3.8, 4) is 11.5 Å². The molecule has 9 heteroatoms. The van der Waals surface area contributed by atoms with E-state index in [0.717, 1.165) is 48.6 Å². The van der Waals surface area contributed by atoms with E-state index in [0.29, 0.717) is 29.6 Å². The summed E-state index contributed by atoms with van der Waals surface area (Å²) in [4.78, 5) is 14.9. The van der Waals surface area contributed by atoms with E-state index in [9.17, 15) is 13.2 Å². The topological polar surface area (TPSA) is 85.3 Å². The van der Waals surface area contributed by atoms with Crippen molar-refractivity contribution in [1.29, 1.82) is 0 Å². The minimum atomic E-state index is -3.95. The maximum atomic E-state index is 13.0. The number of hydrogen-bond acceptors (Lipinski definition) is 6. The van der Waals surface area contributed by atoms with Gasteiger partial charge in [-0.15, -0.1) is 4.40 Å². The van der Waals surface area contributed by atoms with Gasteiger partial charge in [0.1, 0.15) is 0 Å². The Labute approximate surface area is 212 Å². The fraction of sp³-hybridized carbons (Fsp3) is 0.385. The van der Waals surface area contributed by atoms with Crippen LogP contribution in [0.1, 0.15) is 51.2 Å². The summed E-state index contributed by atoms with van der Waals surface area (Å²) in [5.41, 5.74) is 1.79. The number of carbonyl (C=O) groups excluding carboxylic acids is 1. The molecule has 1 aliphatic heterocycles. The van der Waals surface area contributed by atoms with Crippen molar-refractivity contribution in [2.45, 2.75) is 51.3 Å². The lowest BCUT2D eigenvalue weighted by Crippen LogP contribution is -2.29. The number of amides is 1. The van der Waals surface area contributed by atoms with Gasteiger partial charge in [-0.05, 0) is 73.0 Å². The van der Waals surface area contributed by atoms with Crippen LogP contribution in [0, 0.1) is 0 Å². The van der Waals surface area contributed by atoms with Crippen molar-refractivity contribution >= 4 is 38.9 Å². The number of rotatable bonds is 11. The van der Waals surface area contributed by atoms with Crippen molar-refractivity contribution in [2.75, 3.05) is 20.3 Å². The first-order chi connectivity index (χ1) is 16.8. The van der Waals surface area contributed by atoms with Gasteiger partial charge in [-0.3, -0.25) is 9.69 Å². The van der Waals surface area contributed by atoms with Crippen LogP contribution in [0.25, 0.3) is 6.08 Å². The van der Waals surface area contributed by atoms with Crippen LogP contribution in [0.2, 0.25) is 0 Å². The lowest BCUT2D eigenvalue weighted by molar-refractivity contribution is -0.122. The number of ether oxygens (including phenoxy) is 2. The molecule has 0 unspecified atom stereocenters. The first kappa shape index (κ1) is 26.8. The summed E-state index contributed by atoms with van der Waals surface area (Å²) in [6, 6.07) is 12.1. The molecular weight excluding hydrogens is 484 g/mol. The molecule has 0 spiro atoms. The molecule has 0 aromatic heterocycles. The fourth-order valence-corrected chi connectivity index (χ4v) is 5.73. The van der Waals surface area contributed by atoms with Gasteiger partial charge in [-0.1, -0.05) is 44.9 Å². The van der Waals surface area contributed by atoms with Crippen molar-refractivity contribution in [1.82, 2.24) is 4.90 Å². The van der Waals surface area contributed by atoms with Gasteiger partial charge in [0.25, 0.3) is 15.9 Å². The van der Waals surface area contributed by atoms with E-state index in [2.05, 4.69) is 11.3 Å². The summed E-state index contributed by atoms with van der Waals surface area (Å²) in [6.07, 6.45) is 5.66. The Morgan fingerprint density at radius 2 is 1.77 bits per heavy atom. The first-order valence-electron chi connectivity index (χ1n) is 11.8. The van der Waals surface area contributed by atoms with Gasteiger partial charge in [0.15, 0.2) is 16.7 Å². The number of likely N-dealkylation sites (N-methyl/N-ethyl adjacent to an activating group) is 1. The molecule has 7 nitrogen and oxygen atoms in total. The van der Waals surface area contributed by atoms with Crippen LogP contribution < -0.4 is 9.47 Å². The number of hydrogen-bond donors (Lipinski definition) is 0. The number of methoxy groups -OCH3 is 1. The number of benzene rings is 2. The van der Waals surface area contributed by atoms with E-state index in [1.165, 1.54) is 4.90 Å². The van der Waals surface area contributed by atoms with Gasteiger partial charge in [-0.25, -0.2) is 0 Å². The summed E-state index contributed by atoms with van der Waals surface area (Å²) in [5, 5.41) is 0.146. The monoisotopic (exact) mass is 516 g/mol. The fourth-order valence-electron chi connectivity index (χ4n) is 3.49. The molecule has 0 bridgehead atoms. The third-order valence-corrected chi connectivity index (χ3v) is 7.93. The molecule has 1 saturated heterocycles. The molecule has 188 valence electrons. The number of aryl methyl sites for hydroxylation is 1. The van der Waals surface area contributed by atoms with Crippen LogP contribution in [0.4, 0.5) is 0 Å². The second-order valence-electron chi connectivity index (χ2n) is 7.97. The van der Waals surface area contributed by atoms with Crippen molar-refractivity contribution in [2.24, 2.45) is 4.40 Å². The molecule has 1 amide bonds. The van der Waals surface area contributed by atoms with Crippen LogP contribution in [-0.2, 0) is 21.2 Å². The Morgan fingerprint density at radius 3 is 2.40 bits per heavy atom. The molecule has 35 heavy (non-hydrogen) atoms. The van der Waals surface area contributed by atoms with Crippen molar-refractivity contribution in [3.05, 3.63) is 58.5 Å². The molecule has 1 heterocycles. The van der Waals surface area contributed by atoms with Gasteiger partial charge in [0.05, 0.1) is 23.5 Å². The van der Waals surface area contributed by atoms with Gasteiger partial charge in [0, 0.05) is 6.54 Å².